The fraction of sp³-hybridized carbons (Fsp3) is 0.696. The Hall–Kier alpha value is -1.35. The highest BCUT2D eigenvalue weighted by Crippen LogP contribution is 2.58. The number of fused-ring (bicyclic) bond motifs is 4. The van der Waals surface area contributed by atoms with Crippen LogP contribution in [0.15, 0.2) is 30.3 Å². The second-order valence-corrected chi connectivity index (χ2v) is 10.2. The van der Waals surface area contributed by atoms with Gasteiger partial charge in [-0.25, -0.2) is 0 Å². The molecule has 0 spiro atoms. The third-order valence-electron chi connectivity index (χ3n) is 7.84. The zero-order chi connectivity index (χ0) is 17.9. The Bertz CT molecular complexity index is 699. The van der Waals surface area contributed by atoms with Crippen LogP contribution in [-0.2, 0) is 10.2 Å². The molecule has 3 nitrogen and oxygen atoms in total. The van der Waals surface area contributed by atoms with Crippen LogP contribution >= 0.6 is 0 Å². The Balaban J connectivity index is 1.48. The molecule has 2 heterocycles. The van der Waals surface area contributed by atoms with Gasteiger partial charge < -0.3 is 10.2 Å². The molecule has 2 saturated carbocycles. The van der Waals surface area contributed by atoms with Gasteiger partial charge in [-0.15, -0.1) is 0 Å². The SMILES string of the molecule is CC1CC2CC(C)(C(=O)N3CC4CC3CN4)CC(c3ccccc3)(C1)C2. The summed E-state index contributed by atoms with van der Waals surface area (Å²) >= 11 is 0. The number of benzene rings is 1. The molecule has 2 aliphatic heterocycles. The number of amides is 1. The quantitative estimate of drug-likeness (QED) is 0.879. The lowest BCUT2D eigenvalue weighted by molar-refractivity contribution is -0.149. The average Bonchev–Trinajstić information content (AvgIpc) is 3.24. The summed E-state index contributed by atoms with van der Waals surface area (Å²) in [5.74, 6) is 1.91. The maximum absolute atomic E-state index is 13.7. The summed E-state index contributed by atoms with van der Waals surface area (Å²) in [7, 11) is 0. The van der Waals surface area contributed by atoms with Crippen LogP contribution in [0.1, 0.15) is 57.9 Å². The number of hydrogen-bond donors (Lipinski definition) is 1. The number of carbonyl (C=O) groups is 1. The number of hydrogen-bond acceptors (Lipinski definition) is 2. The molecule has 0 radical (unpaired) electrons. The largest absolute Gasteiger partial charge is 0.336 e. The Kier molecular flexibility index (Phi) is 3.76. The topological polar surface area (TPSA) is 32.3 Å². The molecular formula is C23H32N2O. The molecule has 0 aromatic heterocycles. The first-order valence-electron chi connectivity index (χ1n) is 10.6. The highest BCUT2D eigenvalue weighted by atomic mass is 16.2. The van der Waals surface area contributed by atoms with E-state index in [9.17, 15) is 4.79 Å². The van der Waals surface area contributed by atoms with Gasteiger partial charge in [-0.2, -0.15) is 0 Å². The first kappa shape index (κ1) is 16.8. The number of rotatable bonds is 2. The van der Waals surface area contributed by atoms with Gasteiger partial charge >= 0.3 is 0 Å². The van der Waals surface area contributed by atoms with E-state index >= 15 is 0 Å². The Morgan fingerprint density at radius 2 is 1.96 bits per heavy atom. The van der Waals surface area contributed by atoms with Crippen LogP contribution in [0.25, 0.3) is 0 Å². The second-order valence-electron chi connectivity index (χ2n) is 10.2. The van der Waals surface area contributed by atoms with Gasteiger partial charge in [0.15, 0.2) is 0 Å². The van der Waals surface area contributed by atoms with Crippen molar-refractivity contribution in [1.29, 1.82) is 0 Å². The maximum Gasteiger partial charge on any atom is 0.228 e. The molecule has 1 aromatic rings. The van der Waals surface area contributed by atoms with E-state index in [1.165, 1.54) is 24.8 Å². The fourth-order valence-corrected chi connectivity index (χ4v) is 7.24. The normalized spacial score (nSPS) is 44.3. The lowest BCUT2D eigenvalue weighted by Gasteiger charge is -2.55. The van der Waals surface area contributed by atoms with E-state index in [0.717, 1.165) is 38.3 Å². The van der Waals surface area contributed by atoms with Gasteiger partial charge in [0.05, 0.1) is 0 Å². The Morgan fingerprint density at radius 1 is 1.15 bits per heavy atom. The van der Waals surface area contributed by atoms with E-state index in [4.69, 9.17) is 0 Å². The maximum atomic E-state index is 13.7. The van der Waals surface area contributed by atoms with Gasteiger partial charge in [0.25, 0.3) is 0 Å². The second kappa shape index (κ2) is 5.82. The highest BCUT2D eigenvalue weighted by Gasteiger charge is 2.55. The minimum Gasteiger partial charge on any atom is -0.336 e. The van der Waals surface area contributed by atoms with Crippen molar-refractivity contribution >= 4 is 5.91 Å². The Labute approximate surface area is 157 Å². The molecule has 2 aliphatic carbocycles. The standard InChI is InChI=1S/C23H32N2O/c1-16-8-17-11-22(2,21(26)25-14-19-9-20(25)13-24-19)15-23(10-16,12-17)18-6-4-3-5-7-18/h3-7,16-17,19-20,24H,8-15H2,1-2H3. The van der Waals surface area contributed by atoms with E-state index in [2.05, 4.69) is 54.4 Å². The zero-order valence-corrected chi connectivity index (χ0v) is 16.2. The van der Waals surface area contributed by atoms with Gasteiger partial charge in [-0.1, -0.05) is 44.2 Å². The molecule has 1 aromatic carbocycles. The van der Waals surface area contributed by atoms with Crippen molar-refractivity contribution in [2.24, 2.45) is 17.3 Å². The summed E-state index contributed by atoms with van der Waals surface area (Å²) in [6.45, 7) is 6.63. The van der Waals surface area contributed by atoms with E-state index in [-0.39, 0.29) is 10.8 Å². The van der Waals surface area contributed by atoms with E-state index in [1.54, 1.807) is 0 Å². The first-order valence-corrected chi connectivity index (χ1v) is 10.6. The number of carbonyl (C=O) groups excluding carboxylic acids is 1. The van der Waals surface area contributed by atoms with Crippen LogP contribution in [0.3, 0.4) is 0 Å². The smallest absolute Gasteiger partial charge is 0.228 e. The predicted octanol–water partition coefficient (Wildman–Crippen LogP) is 3.73. The molecule has 3 heteroatoms. The summed E-state index contributed by atoms with van der Waals surface area (Å²) in [6, 6.07) is 12.1. The molecule has 26 heavy (non-hydrogen) atoms. The lowest BCUT2D eigenvalue weighted by Crippen LogP contribution is -2.56. The molecule has 4 bridgehead atoms. The predicted molar refractivity (Wildman–Crippen MR) is 104 cm³/mol. The van der Waals surface area contributed by atoms with Crippen LogP contribution in [0, 0.1) is 17.3 Å². The molecule has 2 saturated heterocycles. The summed E-state index contributed by atoms with van der Waals surface area (Å²) in [5, 5.41) is 3.54. The van der Waals surface area contributed by atoms with Crippen LogP contribution in [0.4, 0.5) is 0 Å². The van der Waals surface area contributed by atoms with E-state index in [1.807, 2.05) is 0 Å². The summed E-state index contributed by atoms with van der Waals surface area (Å²) in [4.78, 5) is 15.9. The molecule has 1 N–H and O–H groups in total. The van der Waals surface area contributed by atoms with Crippen molar-refractivity contribution in [1.82, 2.24) is 10.2 Å². The highest BCUT2D eigenvalue weighted by molar-refractivity contribution is 5.83. The van der Waals surface area contributed by atoms with Crippen molar-refractivity contribution in [3.8, 4) is 0 Å². The van der Waals surface area contributed by atoms with Gasteiger partial charge in [0, 0.05) is 30.6 Å². The number of nitrogens with one attached hydrogen (secondary N) is 1. The van der Waals surface area contributed by atoms with Gasteiger partial charge in [0.2, 0.25) is 5.91 Å². The lowest BCUT2D eigenvalue weighted by atomic mass is 9.50. The van der Waals surface area contributed by atoms with Gasteiger partial charge in [-0.3, -0.25) is 4.79 Å². The summed E-state index contributed by atoms with van der Waals surface area (Å²) in [6.07, 6.45) is 7.09. The van der Waals surface area contributed by atoms with Crippen LogP contribution in [-0.4, -0.2) is 36.0 Å². The van der Waals surface area contributed by atoms with Crippen molar-refractivity contribution in [2.75, 3.05) is 13.1 Å². The summed E-state index contributed by atoms with van der Waals surface area (Å²) in [5.41, 5.74) is 1.48. The van der Waals surface area contributed by atoms with Crippen molar-refractivity contribution < 1.29 is 4.79 Å². The van der Waals surface area contributed by atoms with Crippen molar-refractivity contribution in [2.45, 2.75) is 69.9 Å². The van der Waals surface area contributed by atoms with Crippen LogP contribution < -0.4 is 5.32 Å². The minimum atomic E-state index is -0.191. The third-order valence-corrected chi connectivity index (χ3v) is 7.84. The molecule has 4 fully saturated rings. The van der Waals surface area contributed by atoms with E-state index in [0.29, 0.717) is 23.9 Å². The fourth-order valence-electron chi connectivity index (χ4n) is 7.24. The third kappa shape index (κ3) is 2.54. The molecule has 1 amide bonds. The molecule has 6 unspecified atom stereocenters. The van der Waals surface area contributed by atoms with Gasteiger partial charge in [-0.05, 0) is 61.3 Å². The van der Waals surface area contributed by atoms with E-state index < -0.39 is 0 Å². The minimum absolute atomic E-state index is 0.191. The van der Waals surface area contributed by atoms with Crippen molar-refractivity contribution in [3.05, 3.63) is 35.9 Å². The Morgan fingerprint density at radius 3 is 2.65 bits per heavy atom. The molecule has 5 rings (SSSR count). The van der Waals surface area contributed by atoms with Crippen LogP contribution in [0.2, 0.25) is 0 Å². The molecule has 140 valence electrons. The van der Waals surface area contributed by atoms with Gasteiger partial charge in [0.1, 0.15) is 0 Å². The number of piperazine rings is 1. The average molecular weight is 353 g/mol. The first-order chi connectivity index (χ1) is 12.5. The van der Waals surface area contributed by atoms with Crippen molar-refractivity contribution in [3.63, 3.8) is 0 Å². The zero-order valence-electron chi connectivity index (χ0n) is 16.2. The molecule has 6 atom stereocenters. The number of nitrogens with zero attached hydrogens (tertiary/aromatic N) is 1. The van der Waals surface area contributed by atoms with Crippen LogP contribution in [0.5, 0.6) is 0 Å². The molecular weight excluding hydrogens is 320 g/mol. The summed E-state index contributed by atoms with van der Waals surface area (Å²) < 4.78 is 0. The number of likely N-dealkylation sites (tertiary alicyclic amines) is 1. The monoisotopic (exact) mass is 352 g/mol. The molecule has 4 aliphatic rings.